The minimum absolute atomic E-state index is 0.0221. The first kappa shape index (κ1) is 24.4. The van der Waals surface area contributed by atoms with Gasteiger partial charge in [0.25, 0.3) is 0 Å². The molecule has 2 aromatic carbocycles. The third kappa shape index (κ3) is 4.76. The van der Waals surface area contributed by atoms with E-state index < -0.39 is 11.7 Å². The fourth-order valence-corrected chi connectivity index (χ4v) is 6.26. The van der Waals surface area contributed by atoms with Crippen LogP contribution in [0.3, 0.4) is 0 Å². The molecule has 1 saturated carbocycles. The van der Waals surface area contributed by atoms with Crippen LogP contribution in [0, 0.1) is 11.8 Å². The largest absolute Gasteiger partial charge is 0.443 e. The molecule has 0 aromatic heterocycles. The number of halogens is 3. The first-order valence-corrected chi connectivity index (χ1v) is 12.4. The first-order chi connectivity index (χ1) is 15.5. The lowest BCUT2D eigenvalue weighted by Gasteiger charge is -2.41. The zero-order chi connectivity index (χ0) is 24.1. The van der Waals surface area contributed by atoms with Gasteiger partial charge < -0.3 is 4.74 Å². The van der Waals surface area contributed by atoms with Gasteiger partial charge >= 0.3 is 6.09 Å². The van der Waals surface area contributed by atoms with Gasteiger partial charge in [0.05, 0.1) is 0 Å². The third-order valence-corrected chi connectivity index (χ3v) is 7.64. The second-order valence-corrected chi connectivity index (χ2v) is 11.3. The Bertz CT molecular complexity index is 1060. The Hall–Kier alpha value is -1.75. The topological polar surface area (TPSA) is 46.6 Å². The zero-order valence-corrected chi connectivity index (χ0v) is 21.4. The standard InChI is InChI=1S/C26H28Cl3NO3/c1-14-22-20(24(31)30(14)25(32)33-26(2,3)4)12-11-19(18-10-9-17(28)13-21(18)29)23(22)15-5-7-16(27)8-6-15/h5-10,13-14,19-20,22-23H,11-12H2,1-4H3/t14-,19+,20+,22-,23+/m1/s1. The Kier molecular flexibility index (Phi) is 6.74. The van der Waals surface area contributed by atoms with Gasteiger partial charge in [-0.1, -0.05) is 53.0 Å². The van der Waals surface area contributed by atoms with Gasteiger partial charge in [0.1, 0.15) is 5.60 Å². The molecule has 1 aliphatic heterocycles. The maximum Gasteiger partial charge on any atom is 0.417 e. The van der Waals surface area contributed by atoms with Crippen LogP contribution in [0.5, 0.6) is 0 Å². The van der Waals surface area contributed by atoms with E-state index >= 15 is 0 Å². The van der Waals surface area contributed by atoms with Crippen molar-refractivity contribution < 1.29 is 14.3 Å². The molecule has 0 unspecified atom stereocenters. The number of carbonyl (C=O) groups excluding carboxylic acids is 2. The van der Waals surface area contributed by atoms with Crippen LogP contribution in [-0.4, -0.2) is 28.5 Å². The summed E-state index contributed by atoms with van der Waals surface area (Å²) in [4.78, 5) is 27.7. The van der Waals surface area contributed by atoms with Crippen LogP contribution in [0.4, 0.5) is 4.79 Å². The van der Waals surface area contributed by atoms with Crippen LogP contribution >= 0.6 is 34.8 Å². The Morgan fingerprint density at radius 1 is 0.970 bits per heavy atom. The molecule has 33 heavy (non-hydrogen) atoms. The lowest BCUT2D eigenvalue weighted by molar-refractivity contribution is -0.131. The molecule has 176 valence electrons. The van der Waals surface area contributed by atoms with E-state index in [-0.39, 0.29) is 35.6 Å². The quantitative estimate of drug-likeness (QED) is 0.417. The van der Waals surface area contributed by atoms with Crippen molar-refractivity contribution in [2.75, 3.05) is 0 Å². The second kappa shape index (κ2) is 9.13. The number of hydrogen-bond donors (Lipinski definition) is 0. The molecule has 1 heterocycles. The summed E-state index contributed by atoms with van der Waals surface area (Å²) >= 11 is 19.0. The van der Waals surface area contributed by atoms with Gasteiger partial charge in [0, 0.05) is 27.0 Å². The van der Waals surface area contributed by atoms with Crippen molar-refractivity contribution in [3.63, 3.8) is 0 Å². The van der Waals surface area contributed by atoms with Crippen molar-refractivity contribution >= 4 is 46.8 Å². The Balaban J connectivity index is 1.78. The molecular formula is C26H28Cl3NO3. The van der Waals surface area contributed by atoms with Crippen LogP contribution in [0.25, 0.3) is 0 Å². The molecule has 1 aliphatic carbocycles. The van der Waals surface area contributed by atoms with Crippen molar-refractivity contribution in [3.8, 4) is 0 Å². The molecule has 0 radical (unpaired) electrons. The van der Waals surface area contributed by atoms with E-state index in [9.17, 15) is 9.59 Å². The minimum Gasteiger partial charge on any atom is -0.443 e. The van der Waals surface area contributed by atoms with Crippen LogP contribution in [-0.2, 0) is 9.53 Å². The Morgan fingerprint density at radius 3 is 2.18 bits per heavy atom. The van der Waals surface area contributed by atoms with Crippen LogP contribution in [0.2, 0.25) is 15.1 Å². The molecule has 0 bridgehead atoms. The van der Waals surface area contributed by atoms with E-state index in [0.717, 1.165) is 17.5 Å². The summed E-state index contributed by atoms with van der Waals surface area (Å²) in [5.41, 5.74) is 1.41. The van der Waals surface area contributed by atoms with Gasteiger partial charge in [0.15, 0.2) is 0 Å². The van der Waals surface area contributed by atoms with Crippen LogP contribution in [0.15, 0.2) is 42.5 Å². The van der Waals surface area contributed by atoms with E-state index in [2.05, 4.69) is 0 Å². The first-order valence-electron chi connectivity index (χ1n) is 11.2. The maximum absolute atomic E-state index is 13.4. The molecule has 2 amide bonds. The van der Waals surface area contributed by atoms with E-state index in [1.54, 1.807) is 26.8 Å². The van der Waals surface area contributed by atoms with E-state index in [4.69, 9.17) is 39.5 Å². The molecular weight excluding hydrogens is 481 g/mol. The predicted octanol–water partition coefficient (Wildman–Crippen LogP) is 7.71. The van der Waals surface area contributed by atoms with Crippen molar-refractivity contribution in [3.05, 3.63) is 68.7 Å². The summed E-state index contributed by atoms with van der Waals surface area (Å²) in [6.45, 7) is 7.36. The molecule has 7 heteroatoms. The summed E-state index contributed by atoms with van der Waals surface area (Å²) in [6, 6.07) is 13.0. The number of rotatable bonds is 2. The summed E-state index contributed by atoms with van der Waals surface area (Å²) < 4.78 is 5.58. The zero-order valence-electron chi connectivity index (χ0n) is 19.1. The van der Waals surface area contributed by atoms with E-state index in [0.29, 0.717) is 21.5 Å². The molecule has 5 atom stereocenters. The molecule has 1 saturated heterocycles. The van der Waals surface area contributed by atoms with Crippen molar-refractivity contribution in [1.82, 2.24) is 4.90 Å². The minimum atomic E-state index is -0.681. The maximum atomic E-state index is 13.4. The molecule has 4 rings (SSSR count). The summed E-state index contributed by atoms with van der Waals surface area (Å²) in [7, 11) is 0. The normalized spacial score (nSPS) is 27.4. The third-order valence-electron chi connectivity index (χ3n) is 6.83. The highest BCUT2D eigenvalue weighted by Crippen LogP contribution is 2.56. The number of nitrogens with zero attached hydrogens (tertiary/aromatic N) is 1. The SMILES string of the molecule is C[C@@H]1[C@H]2[C@@H](c3ccc(Cl)cc3)[C@H](c3ccc(Cl)cc3Cl)CC[C@@H]2C(=O)N1C(=O)OC(C)(C)C. The van der Waals surface area contributed by atoms with Gasteiger partial charge in [-0.25, -0.2) is 9.69 Å². The average Bonchev–Trinajstić information content (AvgIpc) is 2.97. The molecule has 0 N–H and O–H groups in total. The molecule has 0 spiro atoms. The fourth-order valence-electron chi connectivity index (χ4n) is 5.58. The number of carbonyl (C=O) groups is 2. The Labute approximate surface area is 210 Å². The molecule has 2 aliphatic rings. The highest BCUT2D eigenvalue weighted by molar-refractivity contribution is 6.35. The van der Waals surface area contributed by atoms with Crippen LogP contribution < -0.4 is 0 Å². The second-order valence-electron chi connectivity index (χ2n) is 10.0. The number of ether oxygens (including phenoxy) is 1. The fraction of sp³-hybridized carbons (Fsp3) is 0.462. The molecule has 2 fully saturated rings. The van der Waals surface area contributed by atoms with E-state index in [1.165, 1.54) is 4.90 Å². The number of likely N-dealkylation sites (tertiary alicyclic amines) is 1. The van der Waals surface area contributed by atoms with Crippen molar-refractivity contribution in [2.24, 2.45) is 11.8 Å². The summed E-state index contributed by atoms with van der Waals surface area (Å²) in [6.07, 6.45) is 0.877. The summed E-state index contributed by atoms with van der Waals surface area (Å²) in [5, 5.41) is 1.85. The summed E-state index contributed by atoms with van der Waals surface area (Å²) in [5.74, 6) is -0.425. The monoisotopic (exact) mass is 507 g/mol. The van der Waals surface area contributed by atoms with Gasteiger partial charge in [-0.3, -0.25) is 4.79 Å². The highest BCUT2D eigenvalue weighted by Gasteiger charge is 2.56. The lowest BCUT2D eigenvalue weighted by atomic mass is 9.62. The average molecular weight is 509 g/mol. The highest BCUT2D eigenvalue weighted by atomic mass is 35.5. The van der Waals surface area contributed by atoms with Crippen molar-refractivity contribution in [1.29, 1.82) is 0 Å². The van der Waals surface area contributed by atoms with Gasteiger partial charge in [-0.15, -0.1) is 0 Å². The van der Waals surface area contributed by atoms with Gasteiger partial charge in [-0.05, 0) is 93.7 Å². The number of fused-ring (bicyclic) bond motifs is 1. The van der Waals surface area contributed by atoms with Gasteiger partial charge in [0.2, 0.25) is 5.91 Å². The smallest absolute Gasteiger partial charge is 0.417 e. The molecule has 4 nitrogen and oxygen atoms in total. The van der Waals surface area contributed by atoms with Gasteiger partial charge in [-0.2, -0.15) is 0 Å². The lowest BCUT2D eigenvalue weighted by Crippen LogP contribution is -2.43. The molecule has 2 aromatic rings. The number of imide groups is 1. The number of benzene rings is 2. The van der Waals surface area contributed by atoms with Crippen molar-refractivity contribution in [2.45, 2.75) is 64.0 Å². The Morgan fingerprint density at radius 2 is 1.58 bits per heavy atom. The number of hydrogen-bond acceptors (Lipinski definition) is 3. The number of amides is 2. The van der Waals surface area contributed by atoms with E-state index in [1.807, 2.05) is 43.3 Å². The van der Waals surface area contributed by atoms with Crippen LogP contribution in [0.1, 0.15) is 63.5 Å². The predicted molar refractivity (Wildman–Crippen MR) is 132 cm³/mol.